The van der Waals surface area contributed by atoms with Gasteiger partial charge in [-0.25, -0.2) is 4.79 Å². The van der Waals surface area contributed by atoms with Gasteiger partial charge in [-0.1, -0.05) is 17.9 Å². The number of aromatic nitrogens is 1. The number of carbonyl (C=O) groups excluding carboxylic acids is 3. The number of imide groups is 1. The summed E-state index contributed by atoms with van der Waals surface area (Å²) < 4.78 is 10.4. The first-order valence-electron chi connectivity index (χ1n) is 9.07. The number of ether oxygens (including phenoxy) is 2. The van der Waals surface area contributed by atoms with E-state index in [1.807, 2.05) is 0 Å². The molecule has 2 aliphatic heterocycles. The number of methoxy groups -OCH3 is 2. The quantitative estimate of drug-likeness (QED) is 0.571. The second kappa shape index (κ2) is 7.40. The molecule has 0 radical (unpaired) electrons. The molecule has 3 heterocycles. The van der Waals surface area contributed by atoms with Crippen LogP contribution >= 0.6 is 0 Å². The predicted molar refractivity (Wildman–Crippen MR) is 105 cm³/mol. The Hall–Kier alpha value is -4.06. The van der Waals surface area contributed by atoms with Crippen LogP contribution in [0.25, 0.3) is 0 Å². The number of hydrogen-bond acceptors (Lipinski definition) is 6. The molecule has 0 spiro atoms. The Bertz CT molecular complexity index is 1120. The van der Waals surface area contributed by atoms with Crippen molar-refractivity contribution in [3.63, 3.8) is 0 Å². The molecule has 1 saturated heterocycles. The maximum atomic E-state index is 12.9. The van der Waals surface area contributed by atoms with Crippen LogP contribution in [0.2, 0.25) is 0 Å². The maximum Gasteiger partial charge on any atom is 0.323 e. The zero-order chi connectivity index (χ0) is 21.3. The fourth-order valence-corrected chi connectivity index (χ4v) is 3.44. The molecule has 9 heteroatoms. The lowest BCUT2D eigenvalue weighted by atomic mass is 9.99. The summed E-state index contributed by atoms with van der Waals surface area (Å²) in [6, 6.07) is 6.20. The van der Waals surface area contributed by atoms with E-state index in [-0.39, 0.29) is 12.5 Å². The lowest BCUT2D eigenvalue weighted by Gasteiger charge is -2.26. The minimum atomic E-state index is -1.60. The van der Waals surface area contributed by atoms with Crippen molar-refractivity contribution in [2.45, 2.75) is 12.1 Å². The van der Waals surface area contributed by atoms with Crippen LogP contribution in [0.4, 0.5) is 4.79 Å². The fourth-order valence-electron chi connectivity index (χ4n) is 3.44. The Morgan fingerprint density at radius 2 is 2.03 bits per heavy atom. The summed E-state index contributed by atoms with van der Waals surface area (Å²) in [7, 11) is 3.02. The van der Waals surface area contributed by atoms with Gasteiger partial charge in [0.25, 0.3) is 11.8 Å². The number of nitrogens with zero attached hydrogens (tertiary/aromatic N) is 2. The van der Waals surface area contributed by atoms with E-state index in [9.17, 15) is 14.4 Å². The van der Waals surface area contributed by atoms with Crippen LogP contribution in [0.1, 0.15) is 21.5 Å². The highest BCUT2D eigenvalue weighted by Crippen LogP contribution is 2.28. The minimum Gasteiger partial charge on any atom is -0.497 e. The number of rotatable bonds is 4. The van der Waals surface area contributed by atoms with E-state index >= 15 is 0 Å². The van der Waals surface area contributed by atoms with E-state index in [4.69, 9.17) is 9.47 Å². The molecule has 2 aliphatic rings. The molecule has 152 valence electrons. The predicted octanol–water partition coefficient (Wildman–Crippen LogP) is 0.684. The van der Waals surface area contributed by atoms with Crippen molar-refractivity contribution in [3.8, 4) is 23.3 Å². The lowest BCUT2D eigenvalue weighted by Crippen LogP contribution is -2.54. The van der Waals surface area contributed by atoms with E-state index in [1.54, 1.807) is 30.5 Å². The molecule has 1 aromatic carbocycles. The number of amides is 4. The third kappa shape index (κ3) is 3.28. The molecule has 1 aromatic heterocycles. The fraction of sp³-hybridized carbons (Fsp3) is 0.238. The highest BCUT2D eigenvalue weighted by molar-refractivity contribution is 6.10. The Labute approximate surface area is 172 Å². The van der Waals surface area contributed by atoms with Crippen molar-refractivity contribution in [1.29, 1.82) is 0 Å². The second-order valence-corrected chi connectivity index (χ2v) is 6.82. The van der Waals surface area contributed by atoms with E-state index < -0.39 is 17.5 Å². The minimum absolute atomic E-state index is 0.115. The molecule has 0 bridgehead atoms. The van der Waals surface area contributed by atoms with E-state index in [2.05, 4.69) is 27.5 Å². The molecule has 1 atom stereocenters. The number of carbonyl (C=O) groups is 3. The Morgan fingerprint density at radius 3 is 2.73 bits per heavy atom. The van der Waals surface area contributed by atoms with Gasteiger partial charge in [0.15, 0.2) is 0 Å². The van der Waals surface area contributed by atoms with Gasteiger partial charge in [0, 0.05) is 24.5 Å². The first-order valence-corrected chi connectivity index (χ1v) is 9.07. The van der Waals surface area contributed by atoms with Gasteiger partial charge in [-0.2, -0.15) is 0 Å². The van der Waals surface area contributed by atoms with Crippen molar-refractivity contribution in [1.82, 2.24) is 20.5 Å². The molecule has 1 fully saturated rings. The summed E-state index contributed by atoms with van der Waals surface area (Å²) in [6.45, 7) is 0.178. The zero-order valence-electron chi connectivity index (χ0n) is 16.3. The molecule has 2 aromatic rings. The van der Waals surface area contributed by atoms with Crippen LogP contribution in [0.15, 0.2) is 36.7 Å². The average molecular weight is 406 g/mol. The summed E-state index contributed by atoms with van der Waals surface area (Å²) in [6.07, 6.45) is 3.05. The topological polar surface area (TPSA) is 110 Å². The summed E-state index contributed by atoms with van der Waals surface area (Å²) >= 11 is 0. The monoisotopic (exact) mass is 406 g/mol. The number of nitrogens with one attached hydrogen (secondary N) is 2. The SMILES string of the molecule is COc1ccc2c(c1)C(=O)N(C[C@@]1(C#Cc3cnccc3OC)NC(=O)NC1=O)C2. The van der Waals surface area contributed by atoms with Crippen LogP contribution in [0.5, 0.6) is 11.5 Å². The summed E-state index contributed by atoms with van der Waals surface area (Å²) in [5, 5.41) is 4.77. The van der Waals surface area contributed by atoms with Crippen molar-refractivity contribution in [3.05, 3.63) is 53.3 Å². The van der Waals surface area contributed by atoms with Crippen LogP contribution in [-0.2, 0) is 11.3 Å². The van der Waals surface area contributed by atoms with Crippen LogP contribution in [0, 0.1) is 11.8 Å². The van der Waals surface area contributed by atoms with Gasteiger partial charge in [-0.05, 0) is 23.8 Å². The smallest absolute Gasteiger partial charge is 0.323 e. The van der Waals surface area contributed by atoms with Crippen LogP contribution in [-0.4, -0.2) is 54.0 Å². The molecule has 4 rings (SSSR count). The Balaban J connectivity index is 1.67. The van der Waals surface area contributed by atoms with Gasteiger partial charge in [0.1, 0.15) is 11.5 Å². The molecular weight excluding hydrogens is 388 g/mol. The maximum absolute atomic E-state index is 12.9. The third-order valence-electron chi connectivity index (χ3n) is 4.98. The van der Waals surface area contributed by atoms with Gasteiger partial charge >= 0.3 is 6.03 Å². The molecule has 4 amide bonds. The average Bonchev–Trinajstić information content (AvgIpc) is 3.21. The first-order chi connectivity index (χ1) is 14.5. The van der Waals surface area contributed by atoms with Gasteiger partial charge in [0.2, 0.25) is 5.54 Å². The molecule has 0 saturated carbocycles. The molecule has 30 heavy (non-hydrogen) atoms. The number of hydrogen-bond donors (Lipinski definition) is 2. The summed E-state index contributed by atoms with van der Waals surface area (Å²) in [4.78, 5) is 42.9. The molecule has 0 aliphatic carbocycles. The van der Waals surface area contributed by atoms with Crippen molar-refractivity contribution in [2.75, 3.05) is 20.8 Å². The van der Waals surface area contributed by atoms with E-state index in [0.29, 0.717) is 29.2 Å². The summed E-state index contributed by atoms with van der Waals surface area (Å²) in [5.74, 6) is 5.84. The highest BCUT2D eigenvalue weighted by atomic mass is 16.5. The number of pyridine rings is 1. The molecular formula is C21H18N4O5. The molecule has 0 unspecified atom stereocenters. The zero-order valence-corrected chi connectivity index (χ0v) is 16.3. The number of benzene rings is 1. The number of urea groups is 1. The van der Waals surface area contributed by atoms with Gasteiger partial charge in [0.05, 0.1) is 26.3 Å². The van der Waals surface area contributed by atoms with Crippen LogP contribution < -0.4 is 20.1 Å². The number of fused-ring (bicyclic) bond motifs is 1. The second-order valence-electron chi connectivity index (χ2n) is 6.82. The van der Waals surface area contributed by atoms with Gasteiger partial charge < -0.3 is 19.7 Å². The normalized spacial score (nSPS) is 19.5. The Morgan fingerprint density at radius 1 is 1.20 bits per heavy atom. The van der Waals surface area contributed by atoms with Gasteiger partial charge in [-0.15, -0.1) is 0 Å². The van der Waals surface area contributed by atoms with Crippen molar-refractivity contribution >= 4 is 17.8 Å². The van der Waals surface area contributed by atoms with E-state index in [0.717, 1.165) is 5.56 Å². The van der Waals surface area contributed by atoms with Crippen molar-refractivity contribution < 1.29 is 23.9 Å². The lowest BCUT2D eigenvalue weighted by molar-refractivity contribution is -0.122. The largest absolute Gasteiger partial charge is 0.497 e. The highest BCUT2D eigenvalue weighted by Gasteiger charge is 2.48. The molecule has 2 N–H and O–H groups in total. The third-order valence-corrected chi connectivity index (χ3v) is 4.98. The van der Waals surface area contributed by atoms with E-state index in [1.165, 1.54) is 25.3 Å². The van der Waals surface area contributed by atoms with Crippen molar-refractivity contribution in [2.24, 2.45) is 0 Å². The van der Waals surface area contributed by atoms with Gasteiger partial charge in [-0.3, -0.25) is 19.9 Å². The Kier molecular flexibility index (Phi) is 4.75. The first kappa shape index (κ1) is 19.3. The standard InChI is InChI=1S/C21H18N4O5/c1-29-15-4-3-14-11-25(18(26)16(14)9-15)12-21(19(27)23-20(28)24-21)7-5-13-10-22-8-6-17(13)30-2/h3-4,6,8-10H,11-12H2,1-2H3,(H2,23,24,27,28)/t21-/m1/s1. The van der Waals surface area contributed by atoms with Crippen LogP contribution in [0.3, 0.4) is 0 Å². The summed E-state index contributed by atoms with van der Waals surface area (Å²) in [5.41, 5.74) is 0.160. The molecule has 9 nitrogen and oxygen atoms in total.